The molecule has 1 unspecified atom stereocenters. The summed E-state index contributed by atoms with van der Waals surface area (Å²) in [6.45, 7) is 5.00. The van der Waals surface area contributed by atoms with Crippen molar-refractivity contribution >= 4 is 33.2 Å². The van der Waals surface area contributed by atoms with Gasteiger partial charge in [-0.25, -0.2) is 8.42 Å². The van der Waals surface area contributed by atoms with Crippen molar-refractivity contribution in [2.75, 3.05) is 10.0 Å². The molecule has 0 fully saturated rings. The highest BCUT2D eigenvalue weighted by Crippen LogP contribution is 2.18. The molecule has 0 heterocycles. The van der Waals surface area contributed by atoms with Gasteiger partial charge in [0, 0.05) is 18.3 Å². The molecule has 2 rings (SSSR count). The van der Waals surface area contributed by atoms with E-state index in [1.54, 1.807) is 30.3 Å². The van der Waals surface area contributed by atoms with Crippen LogP contribution >= 0.6 is 0 Å². The summed E-state index contributed by atoms with van der Waals surface area (Å²) in [5.74, 6) is -0.751. The van der Waals surface area contributed by atoms with Crippen LogP contribution in [0.3, 0.4) is 0 Å². The van der Waals surface area contributed by atoms with E-state index >= 15 is 0 Å². The largest absolute Gasteiger partial charge is 0.344 e. The van der Waals surface area contributed by atoms with Crippen LogP contribution in [0.25, 0.3) is 0 Å². The van der Waals surface area contributed by atoms with Crippen LogP contribution in [0.5, 0.6) is 0 Å². The Bertz CT molecular complexity index is 894. The predicted molar refractivity (Wildman–Crippen MR) is 105 cm³/mol. The van der Waals surface area contributed by atoms with Crippen LogP contribution in [0.4, 0.5) is 11.4 Å². The minimum absolute atomic E-state index is 0.0756. The average molecular weight is 389 g/mol. The molecule has 0 saturated carbocycles. The lowest BCUT2D eigenvalue weighted by Gasteiger charge is -2.21. The van der Waals surface area contributed by atoms with Crippen LogP contribution in [0.15, 0.2) is 59.5 Å². The Kier molecular flexibility index (Phi) is 6.57. The first kappa shape index (κ1) is 20.4. The highest BCUT2D eigenvalue weighted by Gasteiger charge is 2.23. The molecule has 0 bridgehead atoms. The lowest BCUT2D eigenvalue weighted by Crippen LogP contribution is -2.46. The molecule has 0 aromatic heterocycles. The Morgan fingerprint density at radius 1 is 0.889 bits per heavy atom. The molecule has 0 aliphatic rings. The first-order chi connectivity index (χ1) is 12.7. The van der Waals surface area contributed by atoms with Crippen molar-refractivity contribution in [1.29, 1.82) is 0 Å². The number of carbonyl (C=O) groups excluding carboxylic acids is 2. The van der Waals surface area contributed by atoms with Gasteiger partial charge in [0.05, 0.1) is 4.90 Å². The highest BCUT2D eigenvalue weighted by atomic mass is 32.2. The van der Waals surface area contributed by atoms with Crippen molar-refractivity contribution in [3.05, 3.63) is 54.6 Å². The molecule has 0 radical (unpaired) electrons. The van der Waals surface area contributed by atoms with Crippen LogP contribution in [-0.4, -0.2) is 26.3 Å². The molecule has 0 spiro atoms. The summed E-state index contributed by atoms with van der Waals surface area (Å²) in [7, 11) is -3.72. The zero-order chi connectivity index (χ0) is 20.0. The minimum Gasteiger partial charge on any atom is -0.344 e. The van der Waals surface area contributed by atoms with Gasteiger partial charge in [0.25, 0.3) is 10.0 Å². The second-order valence-electron chi connectivity index (χ2n) is 6.41. The topological polar surface area (TPSA) is 104 Å². The van der Waals surface area contributed by atoms with Gasteiger partial charge in [0.1, 0.15) is 6.04 Å². The third-order valence-electron chi connectivity index (χ3n) is 3.77. The first-order valence-corrected chi connectivity index (χ1v) is 9.93. The van der Waals surface area contributed by atoms with E-state index < -0.39 is 16.1 Å². The Labute approximate surface area is 159 Å². The number of hydrogen-bond acceptors (Lipinski definition) is 4. The van der Waals surface area contributed by atoms with Crippen molar-refractivity contribution < 1.29 is 18.0 Å². The van der Waals surface area contributed by atoms with Gasteiger partial charge in [-0.05, 0) is 42.3 Å². The molecule has 27 heavy (non-hydrogen) atoms. The molecule has 2 amide bonds. The number of carbonyl (C=O) groups is 2. The summed E-state index contributed by atoms with van der Waals surface area (Å²) in [4.78, 5) is 23.7. The average Bonchev–Trinajstić information content (AvgIpc) is 2.60. The van der Waals surface area contributed by atoms with Crippen molar-refractivity contribution in [2.24, 2.45) is 5.92 Å². The molecule has 0 aliphatic heterocycles. The Morgan fingerprint density at radius 2 is 1.48 bits per heavy atom. The van der Waals surface area contributed by atoms with E-state index in [-0.39, 0.29) is 22.6 Å². The molecular weight excluding hydrogens is 366 g/mol. The standard InChI is InChI=1S/C19H23N3O4S/c1-13(2)18(20-14(3)23)19(24)21-15-9-11-17(12-10-15)27(25,26)22-16-7-5-4-6-8-16/h4-13,18,22H,1-3H3,(H,20,23)(H,21,24). The van der Waals surface area contributed by atoms with Crippen LogP contribution in [-0.2, 0) is 19.6 Å². The second-order valence-corrected chi connectivity index (χ2v) is 8.09. The predicted octanol–water partition coefficient (Wildman–Crippen LogP) is 2.59. The number of hydrogen-bond donors (Lipinski definition) is 3. The molecular formula is C19H23N3O4S. The van der Waals surface area contributed by atoms with Gasteiger partial charge < -0.3 is 10.6 Å². The SMILES string of the molecule is CC(=O)NC(C(=O)Nc1ccc(S(=O)(=O)Nc2ccccc2)cc1)C(C)C. The molecule has 7 nitrogen and oxygen atoms in total. The molecule has 2 aromatic carbocycles. The quantitative estimate of drug-likeness (QED) is 0.677. The molecule has 2 aromatic rings. The van der Waals surface area contributed by atoms with Gasteiger partial charge in [-0.2, -0.15) is 0 Å². The molecule has 8 heteroatoms. The highest BCUT2D eigenvalue weighted by molar-refractivity contribution is 7.92. The fraction of sp³-hybridized carbons (Fsp3) is 0.263. The number of sulfonamides is 1. The van der Waals surface area contributed by atoms with Crippen LogP contribution in [0, 0.1) is 5.92 Å². The normalized spacial score (nSPS) is 12.3. The van der Waals surface area contributed by atoms with E-state index in [1.165, 1.54) is 31.2 Å². The van der Waals surface area contributed by atoms with Crippen molar-refractivity contribution in [3.8, 4) is 0 Å². The van der Waals surface area contributed by atoms with Crippen LogP contribution in [0.1, 0.15) is 20.8 Å². The third-order valence-corrected chi connectivity index (χ3v) is 5.16. The van der Waals surface area contributed by atoms with Gasteiger partial charge in [0.2, 0.25) is 11.8 Å². The first-order valence-electron chi connectivity index (χ1n) is 8.45. The molecule has 3 N–H and O–H groups in total. The number of para-hydroxylation sites is 1. The summed E-state index contributed by atoms with van der Waals surface area (Å²) < 4.78 is 27.3. The van der Waals surface area contributed by atoms with E-state index in [0.717, 1.165) is 0 Å². The summed E-state index contributed by atoms with van der Waals surface area (Å²) >= 11 is 0. The second kappa shape index (κ2) is 8.68. The smallest absolute Gasteiger partial charge is 0.261 e. The lowest BCUT2D eigenvalue weighted by molar-refractivity contribution is -0.126. The number of nitrogens with one attached hydrogen (secondary N) is 3. The third kappa shape index (κ3) is 5.82. The molecule has 1 atom stereocenters. The lowest BCUT2D eigenvalue weighted by atomic mass is 10.0. The summed E-state index contributed by atoms with van der Waals surface area (Å²) in [5.41, 5.74) is 0.902. The zero-order valence-electron chi connectivity index (χ0n) is 15.4. The van der Waals surface area contributed by atoms with Crippen molar-refractivity contribution in [2.45, 2.75) is 31.7 Å². The minimum atomic E-state index is -3.72. The summed E-state index contributed by atoms with van der Waals surface area (Å²) in [5, 5.41) is 5.29. The maximum atomic E-state index is 12.4. The van der Waals surface area contributed by atoms with Gasteiger partial charge in [-0.1, -0.05) is 32.0 Å². The van der Waals surface area contributed by atoms with E-state index in [1.807, 2.05) is 13.8 Å². The van der Waals surface area contributed by atoms with Crippen LogP contribution < -0.4 is 15.4 Å². The number of amides is 2. The van der Waals surface area contributed by atoms with Gasteiger partial charge in [-0.15, -0.1) is 0 Å². The zero-order valence-corrected chi connectivity index (χ0v) is 16.2. The van der Waals surface area contributed by atoms with Gasteiger partial charge >= 0.3 is 0 Å². The van der Waals surface area contributed by atoms with Crippen molar-refractivity contribution in [3.63, 3.8) is 0 Å². The summed E-state index contributed by atoms with van der Waals surface area (Å²) in [6.07, 6.45) is 0. The molecule has 0 saturated heterocycles. The van der Waals surface area contributed by atoms with E-state index in [0.29, 0.717) is 11.4 Å². The Morgan fingerprint density at radius 3 is 2.00 bits per heavy atom. The molecule has 144 valence electrons. The van der Waals surface area contributed by atoms with E-state index in [9.17, 15) is 18.0 Å². The van der Waals surface area contributed by atoms with Crippen molar-refractivity contribution in [1.82, 2.24) is 5.32 Å². The number of benzene rings is 2. The maximum absolute atomic E-state index is 12.4. The number of rotatable bonds is 7. The molecule has 0 aliphatic carbocycles. The summed E-state index contributed by atoms with van der Waals surface area (Å²) in [6, 6.07) is 13.7. The van der Waals surface area contributed by atoms with Gasteiger partial charge in [-0.3, -0.25) is 14.3 Å². The monoisotopic (exact) mass is 389 g/mol. The Balaban J connectivity index is 2.10. The van der Waals surface area contributed by atoms with E-state index in [2.05, 4.69) is 15.4 Å². The maximum Gasteiger partial charge on any atom is 0.261 e. The Hall–Kier alpha value is -2.87. The fourth-order valence-electron chi connectivity index (χ4n) is 2.41. The van der Waals surface area contributed by atoms with Gasteiger partial charge in [0.15, 0.2) is 0 Å². The fourth-order valence-corrected chi connectivity index (χ4v) is 3.47. The number of anilines is 2. The van der Waals surface area contributed by atoms with E-state index in [4.69, 9.17) is 0 Å². The van der Waals surface area contributed by atoms with Crippen LogP contribution in [0.2, 0.25) is 0 Å².